The maximum Gasteiger partial charge on any atom is 0.184 e. The van der Waals surface area contributed by atoms with E-state index in [2.05, 4.69) is 17.1 Å². The Morgan fingerprint density at radius 1 is 1.48 bits per heavy atom. The molecular weight excluding hydrogens is 308 g/mol. The molecule has 0 amide bonds. The van der Waals surface area contributed by atoms with E-state index in [-0.39, 0.29) is 6.04 Å². The van der Waals surface area contributed by atoms with Gasteiger partial charge >= 0.3 is 0 Å². The minimum atomic E-state index is -0.414. The molecule has 2 atom stereocenters. The molecule has 3 aliphatic rings. The lowest BCUT2D eigenvalue weighted by molar-refractivity contribution is -0.0735. The SMILES string of the molecule is COc1cc(Cl)cc2c1OC1(C)CC2NC(=S)N1C1CC1. The van der Waals surface area contributed by atoms with E-state index in [0.717, 1.165) is 22.8 Å². The molecule has 2 heterocycles. The number of rotatable bonds is 2. The Bertz CT molecular complexity index is 634. The first-order valence-corrected chi connectivity index (χ1v) is 7.97. The fourth-order valence-electron chi connectivity index (χ4n) is 3.45. The maximum absolute atomic E-state index is 6.37. The normalized spacial score (nSPS) is 30.3. The number of fused-ring (bicyclic) bond motifs is 4. The Balaban J connectivity index is 1.83. The van der Waals surface area contributed by atoms with Crippen LogP contribution in [0.15, 0.2) is 12.1 Å². The topological polar surface area (TPSA) is 33.7 Å². The highest BCUT2D eigenvalue weighted by Crippen LogP contribution is 2.51. The number of halogens is 1. The molecule has 2 unspecified atom stereocenters. The first-order chi connectivity index (χ1) is 10.0. The van der Waals surface area contributed by atoms with Gasteiger partial charge in [-0.05, 0) is 38.0 Å². The predicted octanol–water partition coefficient (Wildman–Crippen LogP) is 3.24. The van der Waals surface area contributed by atoms with Gasteiger partial charge in [-0.25, -0.2) is 0 Å². The van der Waals surface area contributed by atoms with Crippen molar-refractivity contribution in [3.05, 3.63) is 22.7 Å². The number of benzene rings is 1. The summed E-state index contributed by atoms with van der Waals surface area (Å²) in [7, 11) is 1.64. The number of nitrogens with zero attached hydrogens (tertiary/aromatic N) is 1. The van der Waals surface area contributed by atoms with Gasteiger partial charge in [-0.1, -0.05) is 11.6 Å². The molecule has 1 aromatic rings. The fraction of sp³-hybridized carbons (Fsp3) is 0.533. The van der Waals surface area contributed by atoms with Gasteiger partial charge in [-0.15, -0.1) is 0 Å². The first-order valence-electron chi connectivity index (χ1n) is 7.18. The second-order valence-corrected chi connectivity index (χ2v) is 6.93. The Morgan fingerprint density at radius 3 is 2.90 bits per heavy atom. The molecule has 4 rings (SSSR count). The standard InChI is InChI=1S/C15H17ClN2O2S/c1-15-7-11(17-14(21)18(15)9-3-4-9)10-5-8(16)6-12(19-2)13(10)20-15/h5-6,9,11H,3-4,7H2,1-2H3,(H,17,21). The molecule has 1 aliphatic carbocycles. The second-order valence-electron chi connectivity index (χ2n) is 6.11. The van der Waals surface area contributed by atoms with E-state index >= 15 is 0 Å². The van der Waals surface area contributed by atoms with Gasteiger partial charge in [0.1, 0.15) is 0 Å². The Morgan fingerprint density at radius 2 is 2.24 bits per heavy atom. The van der Waals surface area contributed by atoms with Gasteiger partial charge in [-0.2, -0.15) is 0 Å². The van der Waals surface area contributed by atoms with Crippen molar-refractivity contribution in [2.24, 2.45) is 0 Å². The molecular formula is C15H17ClN2O2S. The van der Waals surface area contributed by atoms with Crippen molar-refractivity contribution in [2.75, 3.05) is 7.11 Å². The lowest BCUT2D eigenvalue weighted by Crippen LogP contribution is -2.65. The van der Waals surface area contributed by atoms with E-state index in [1.165, 1.54) is 12.8 Å². The fourth-order valence-corrected chi connectivity index (χ4v) is 4.15. The zero-order chi connectivity index (χ0) is 14.8. The van der Waals surface area contributed by atoms with Crippen LogP contribution in [0.4, 0.5) is 0 Å². The van der Waals surface area contributed by atoms with Gasteiger partial charge in [0.2, 0.25) is 0 Å². The van der Waals surface area contributed by atoms with E-state index in [1.807, 2.05) is 6.07 Å². The lowest BCUT2D eigenvalue weighted by Gasteiger charge is -2.52. The van der Waals surface area contributed by atoms with E-state index in [1.54, 1.807) is 13.2 Å². The minimum absolute atomic E-state index is 0.119. The Labute approximate surface area is 134 Å². The largest absolute Gasteiger partial charge is 0.493 e. The molecule has 0 aromatic heterocycles. The summed E-state index contributed by atoms with van der Waals surface area (Å²) in [6.07, 6.45) is 3.20. The number of hydrogen-bond donors (Lipinski definition) is 1. The molecule has 2 bridgehead atoms. The number of methoxy groups -OCH3 is 1. The molecule has 0 spiro atoms. The van der Waals surface area contributed by atoms with Crippen molar-refractivity contribution in [1.29, 1.82) is 0 Å². The van der Waals surface area contributed by atoms with Gasteiger partial charge < -0.3 is 19.7 Å². The predicted molar refractivity (Wildman–Crippen MR) is 85.0 cm³/mol. The third-order valence-electron chi connectivity index (χ3n) is 4.49. The van der Waals surface area contributed by atoms with Gasteiger partial charge in [-0.3, -0.25) is 0 Å². The van der Waals surface area contributed by atoms with Crippen molar-refractivity contribution in [3.8, 4) is 11.5 Å². The van der Waals surface area contributed by atoms with Gasteiger partial charge in [0, 0.05) is 29.1 Å². The van der Waals surface area contributed by atoms with E-state index in [9.17, 15) is 0 Å². The minimum Gasteiger partial charge on any atom is -0.493 e. The third kappa shape index (κ3) is 1.98. The molecule has 0 radical (unpaired) electrons. The highest BCUT2D eigenvalue weighted by Gasteiger charge is 2.52. The molecule has 1 N–H and O–H groups in total. The summed E-state index contributed by atoms with van der Waals surface area (Å²) in [5, 5.41) is 4.87. The highest BCUT2D eigenvalue weighted by molar-refractivity contribution is 7.80. The average molecular weight is 325 g/mol. The van der Waals surface area contributed by atoms with Crippen molar-refractivity contribution in [1.82, 2.24) is 10.2 Å². The summed E-state index contributed by atoms with van der Waals surface area (Å²) in [4.78, 5) is 2.22. The van der Waals surface area contributed by atoms with Crippen molar-refractivity contribution in [3.63, 3.8) is 0 Å². The molecule has 2 aliphatic heterocycles. The van der Waals surface area contributed by atoms with Crippen LogP contribution in [0.2, 0.25) is 5.02 Å². The summed E-state index contributed by atoms with van der Waals surface area (Å²) >= 11 is 11.8. The molecule has 1 saturated heterocycles. The van der Waals surface area contributed by atoms with Crippen LogP contribution >= 0.6 is 23.8 Å². The number of thiocarbonyl (C=S) groups is 1. The lowest BCUT2D eigenvalue weighted by atomic mass is 9.90. The summed E-state index contributed by atoms with van der Waals surface area (Å²) in [6.45, 7) is 2.11. The smallest absolute Gasteiger partial charge is 0.184 e. The summed E-state index contributed by atoms with van der Waals surface area (Å²) in [5.74, 6) is 1.46. The second kappa shape index (κ2) is 4.40. The Kier molecular flexibility index (Phi) is 2.82. The van der Waals surface area contributed by atoms with Crippen molar-refractivity contribution >= 4 is 28.9 Å². The first kappa shape index (κ1) is 13.5. The highest BCUT2D eigenvalue weighted by atomic mass is 35.5. The van der Waals surface area contributed by atoms with Crippen LogP contribution < -0.4 is 14.8 Å². The molecule has 6 heteroatoms. The zero-order valence-corrected chi connectivity index (χ0v) is 13.6. The van der Waals surface area contributed by atoms with E-state index < -0.39 is 5.72 Å². The van der Waals surface area contributed by atoms with Gasteiger partial charge in [0.25, 0.3) is 0 Å². The van der Waals surface area contributed by atoms with Crippen LogP contribution in [-0.4, -0.2) is 28.9 Å². The molecule has 1 aromatic carbocycles. The van der Waals surface area contributed by atoms with Crippen LogP contribution in [-0.2, 0) is 0 Å². The van der Waals surface area contributed by atoms with Crippen LogP contribution in [0, 0.1) is 0 Å². The maximum atomic E-state index is 6.37. The van der Waals surface area contributed by atoms with E-state index in [4.69, 9.17) is 33.3 Å². The summed E-state index contributed by atoms with van der Waals surface area (Å²) in [6, 6.07) is 4.35. The van der Waals surface area contributed by atoms with Gasteiger partial charge in [0.15, 0.2) is 22.3 Å². The summed E-state index contributed by atoms with van der Waals surface area (Å²) < 4.78 is 11.8. The quantitative estimate of drug-likeness (QED) is 0.845. The van der Waals surface area contributed by atoms with E-state index in [0.29, 0.717) is 16.8 Å². The number of nitrogens with one attached hydrogen (secondary N) is 1. The average Bonchev–Trinajstić information content (AvgIpc) is 3.22. The van der Waals surface area contributed by atoms with Crippen LogP contribution in [0.3, 0.4) is 0 Å². The van der Waals surface area contributed by atoms with Crippen LogP contribution in [0.5, 0.6) is 11.5 Å². The van der Waals surface area contributed by atoms with Crippen LogP contribution in [0.1, 0.15) is 37.8 Å². The van der Waals surface area contributed by atoms with Crippen molar-refractivity contribution < 1.29 is 9.47 Å². The molecule has 4 nitrogen and oxygen atoms in total. The molecule has 1 saturated carbocycles. The third-order valence-corrected chi connectivity index (χ3v) is 5.02. The van der Waals surface area contributed by atoms with Crippen molar-refractivity contribution in [2.45, 2.75) is 44.0 Å². The number of hydrogen-bond acceptors (Lipinski definition) is 3. The van der Waals surface area contributed by atoms with Gasteiger partial charge in [0.05, 0.1) is 13.2 Å². The molecule has 112 valence electrons. The monoisotopic (exact) mass is 324 g/mol. The molecule has 2 fully saturated rings. The zero-order valence-electron chi connectivity index (χ0n) is 12.0. The summed E-state index contributed by atoms with van der Waals surface area (Å²) in [5.41, 5.74) is 0.608. The van der Waals surface area contributed by atoms with Crippen LogP contribution in [0.25, 0.3) is 0 Å². The molecule has 21 heavy (non-hydrogen) atoms. The number of ether oxygens (including phenoxy) is 2. The Hall–Kier alpha value is -1.20.